The highest BCUT2D eigenvalue weighted by Gasteiger charge is 2.56. The predicted octanol–water partition coefficient (Wildman–Crippen LogP) is 2.91. The predicted molar refractivity (Wildman–Crippen MR) is 50.9 cm³/mol. The third-order valence-electron chi connectivity index (χ3n) is 2.89. The van der Waals surface area contributed by atoms with Crippen molar-refractivity contribution >= 4 is 27.7 Å². The zero-order chi connectivity index (χ0) is 7.19. The van der Waals surface area contributed by atoms with Crippen LogP contribution in [0.5, 0.6) is 0 Å². The SMILES string of the molecule is CC1CC2(CS1)CC2CBr. The molecule has 0 aromatic rings. The van der Waals surface area contributed by atoms with Gasteiger partial charge in [0.15, 0.2) is 0 Å². The summed E-state index contributed by atoms with van der Waals surface area (Å²) in [4.78, 5) is 0. The van der Waals surface area contributed by atoms with E-state index in [4.69, 9.17) is 0 Å². The van der Waals surface area contributed by atoms with Gasteiger partial charge >= 0.3 is 0 Å². The van der Waals surface area contributed by atoms with Gasteiger partial charge in [0.25, 0.3) is 0 Å². The average molecular weight is 221 g/mol. The van der Waals surface area contributed by atoms with Crippen molar-refractivity contribution in [2.45, 2.75) is 25.0 Å². The zero-order valence-electron chi connectivity index (χ0n) is 6.27. The van der Waals surface area contributed by atoms with Gasteiger partial charge in [0.2, 0.25) is 0 Å². The molecule has 0 radical (unpaired) electrons. The maximum atomic E-state index is 3.57. The summed E-state index contributed by atoms with van der Waals surface area (Å²) >= 11 is 5.74. The lowest BCUT2D eigenvalue weighted by Gasteiger charge is -2.04. The summed E-state index contributed by atoms with van der Waals surface area (Å²) in [7, 11) is 0. The van der Waals surface area contributed by atoms with Crippen molar-refractivity contribution in [2.24, 2.45) is 11.3 Å². The quantitative estimate of drug-likeness (QED) is 0.613. The number of thioether (sulfide) groups is 1. The number of alkyl halides is 1. The lowest BCUT2D eigenvalue weighted by atomic mass is 10.0. The second-order valence-electron chi connectivity index (χ2n) is 3.74. The van der Waals surface area contributed by atoms with E-state index in [9.17, 15) is 0 Å². The third-order valence-corrected chi connectivity index (χ3v) is 5.15. The highest BCUT2D eigenvalue weighted by molar-refractivity contribution is 9.09. The molecule has 2 fully saturated rings. The molecule has 1 spiro atoms. The Kier molecular flexibility index (Phi) is 1.80. The van der Waals surface area contributed by atoms with E-state index in [1.807, 2.05) is 0 Å². The molecule has 2 aliphatic rings. The monoisotopic (exact) mass is 220 g/mol. The van der Waals surface area contributed by atoms with Crippen LogP contribution < -0.4 is 0 Å². The first-order valence-corrected chi connectivity index (χ1v) is 6.11. The van der Waals surface area contributed by atoms with Crippen LogP contribution in [0, 0.1) is 11.3 Å². The fraction of sp³-hybridized carbons (Fsp3) is 1.00. The van der Waals surface area contributed by atoms with Crippen LogP contribution in [0.15, 0.2) is 0 Å². The van der Waals surface area contributed by atoms with E-state index in [0.29, 0.717) is 0 Å². The minimum atomic E-state index is 0.799. The van der Waals surface area contributed by atoms with E-state index < -0.39 is 0 Å². The summed E-state index contributed by atoms with van der Waals surface area (Å²) in [6, 6.07) is 0. The number of hydrogen-bond acceptors (Lipinski definition) is 1. The molecule has 2 rings (SSSR count). The van der Waals surface area contributed by atoms with Crippen LogP contribution in [0.2, 0.25) is 0 Å². The Morgan fingerprint density at radius 1 is 1.60 bits per heavy atom. The Hall–Kier alpha value is 0.830. The molecule has 0 nitrogen and oxygen atoms in total. The fourth-order valence-corrected chi connectivity index (χ4v) is 4.53. The minimum Gasteiger partial charge on any atom is -0.158 e. The molecule has 58 valence electrons. The van der Waals surface area contributed by atoms with Gasteiger partial charge in [-0.1, -0.05) is 22.9 Å². The number of hydrogen-bond donors (Lipinski definition) is 0. The molecule has 10 heavy (non-hydrogen) atoms. The molecular formula is C8H13BrS. The second kappa shape index (κ2) is 2.41. The topological polar surface area (TPSA) is 0 Å². The lowest BCUT2D eigenvalue weighted by Crippen LogP contribution is -2.03. The van der Waals surface area contributed by atoms with Gasteiger partial charge in [0.1, 0.15) is 0 Å². The molecule has 1 aliphatic carbocycles. The summed E-state index contributed by atoms with van der Waals surface area (Å²) in [5.74, 6) is 2.45. The average Bonchev–Trinajstić information content (AvgIpc) is 2.46. The van der Waals surface area contributed by atoms with E-state index in [2.05, 4.69) is 34.6 Å². The van der Waals surface area contributed by atoms with Crippen molar-refractivity contribution in [1.29, 1.82) is 0 Å². The first-order valence-electron chi connectivity index (χ1n) is 3.94. The van der Waals surface area contributed by atoms with E-state index in [1.54, 1.807) is 0 Å². The van der Waals surface area contributed by atoms with Crippen LogP contribution >= 0.6 is 27.7 Å². The van der Waals surface area contributed by atoms with Crippen molar-refractivity contribution in [3.8, 4) is 0 Å². The molecule has 0 bridgehead atoms. The number of rotatable bonds is 1. The summed E-state index contributed by atoms with van der Waals surface area (Å²) in [5.41, 5.74) is 0.799. The maximum absolute atomic E-state index is 3.57. The highest BCUT2D eigenvalue weighted by Crippen LogP contribution is 2.63. The van der Waals surface area contributed by atoms with Gasteiger partial charge < -0.3 is 0 Å². The van der Waals surface area contributed by atoms with E-state index in [-0.39, 0.29) is 0 Å². The first-order chi connectivity index (χ1) is 4.77. The van der Waals surface area contributed by atoms with Crippen LogP contribution in [-0.2, 0) is 0 Å². The van der Waals surface area contributed by atoms with E-state index >= 15 is 0 Å². The van der Waals surface area contributed by atoms with E-state index in [1.165, 1.54) is 23.9 Å². The Morgan fingerprint density at radius 3 is 2.80 bits per heavy atom. The summed E-state index contributed by atoms with van der Waals surface area (Å²) in [5, 5.41) is 2.17. The van der Waals surface area contributed by atoms with E-state index in [0.717, 1.165) is 16.6 Å². The van der Waals surface area contributed by atoms with Gasteiger partial charge in [-0.2, -0.15) is 11.8 Å². The minimum absolute atomic E-state index is 0.799. The second-order valence-corrected chi connectivity index (χ2v) is 5.82. The summed E-state index contributed by atoms with van der Waals surface area (Å²) in [6.45, 7) is 2.36. The number of halogens is 1. The third kappa shape index (κ3) is 1.04. The summed E-state index contributed by atoms with van der Waals surface area (Å²) in [6.07, 6.45) is 2.98. The molecule has 0 aromatic carbocycles. The Morgan fingerprint density at radius 2 is 2.40 bits per heavy atom. The smallest absolute Gasteiger partial charge is 0.00654 e. The van der Waals surface area contributed by atoms with Gasteiger partial charge in [-0.25, -0.2) is 0 Å². The molecule has 1 aliphatic heterocycles. The van der Waals surface area contributed by atoms with Crippen molar-refractivity contribution in [2.75, 3.05) is 11.1 Å². The lowest BCUT2D eigenvalue weighted by molar-refractivity contribution is 0.513. The van der Waals surface area contributed by atoms with Crippen LogP contribution in [0.25, 0.3) is 0 Å². The highest BCUT2D eigenvalue weighted by atomic mass is 79.9. The summed E-state index contributed by atoms with van der Waals surface area (Å²) < 4.78 is 0. The molecule has 3 atom stereocenters. The van der Waals surface area contributed by atoms with Crippen molar-refractivity contribution in [3.63, 3.8) is 0 Å². The van der Waals surface area contributed by atoms with Crippen molar-refractivity contribution < 1.29 is 0 Å². The van der Waals surface area contributed by atoms with Crippen LogP contribution in [0.4, 0.5) is 0 Å². The van der Waals surface area contributed by atoms with Crippen LogP contribution in [0.1, 0.15) is 19.8 Å². The van der Waals surface area contributed by atoms with Crippen molar-refractivity contribution in [1.82, 2.24) is 0 Å². The Labute approximate surface area is 75.3 Å². The first kappa shape index (κ1) is 7.48. The molecular weight excluding hydrogens is 208 g/mol. The molecule has 2 heteroatoms. The van der Waals surface area contributed by atoms with Crippen LogP contribution in [0.3, 0.4) is 0 Å². The Balaban J connectivity index is 1.96. The van der Waals surface area contributed by atoms with Gasteiger partial charge in [0, 0.05) is 10.6 Å². The fourth-order valence-electron chi connectivity index (χ4n) is 2.08. The standard InChI is InChI=1S/C8H13BrS/c1-6-2-8(5-10-6)3-7(8)4-9/h6-7H,2-5H2,1H3. The molecule has 1 saturated heterocycles. The molecule has 1 heterocycles. The maximum Gasteiger partial charge on any atom is 0.00654 e. The van der Waals surface area contributed by atoms with Crippen LogP contribution in [-0.4, -0.2) is 16.3 Å². The zero-order valence-corrected chi connectivity index (χ0v) is 8.67. The normalized spacial score (nSPS) is 52.2. The molecule has 0 amide bonds. The molecule has 3 unspecified atom stereocenters. The van der Waals surface area contributed by atoms with Crippen molar-refractivity contribution in [3.05, 3.63) is 0 Å². The van der Waals surface area contributed by atoms with Gasteiger partial charge in [0.05, 0.1) is 0 Å². The molecule has 0 N–H and O–H groups in total. The van der Waals surface area contributed by atoms with Gasteiger partial charge in [-0.15, -0.1) is 0 Å². The molecule has 1 saturated carbocycles. The molecule has 0 aromatic heterocycles. The largest absolute Gasteiger partial charge is 0.158 e. The van der Waals surface area contributed by atoms with Gasteiger partial charge in [-0.05, 0) is 29.9 Å². The van der Waals surface area contributed by atoms with Gasteiger partial charge in [-0.3, -0.25) is 0 Å². The Bertz CT molecular complexity index is 148.